The van der Waals surface area contributed by atoms with Crippen molar-refractivity contribution in [3.05, 3.63) is 48.3 Å². The predicted molar refractivity (Wildman–Crippen MR) is 102 cm³/mol. The van der Waals surface area contributed by atoms with Gasteiger partial charge in [-0.3, -0.25) is 4.79 Å². The zero-order chi connectivity index (χ0) is 19.3. The maximum atomic E-state index is 12.9. The first-order valence-electron chi connectivity index (χ1n) is 9.30. The summed E-state index contributed by atoms with van der Waals surface area (Å²) in [4.78, 5) is 36.8. The molecule has 1 aliphatic rings. The van der Waals surface area contributed by atoms with E-state index in [1.165, 1.54) is 4.80 Å². The van der Waals surface area contributed by atoms with Gasteiger partial charge in [0.05, 0.1) is 11.9 Å². The Morgan fingerprint density at radius 2 is 1.89 bits per heavy atom. The Morgan fingerprint density at radius 1 is 1.14 bits per heavy atom. The van der Waals surface area contributed by atoms with E-state index in [1.54, 1.807) is 31.5 Å². The number of hydrogen-bond donors (Lipinski definition) is 1. The number of carbonyl (C=O) groups excluding carboxylic acids is 2. The van der Waals surface area contributed by atoms with E-state index < -0.39 is 0 Å². The highest BCUT2D eigenvalue weighted by Gasteiger charge is 2.27. The van der Waals surface area contributed by atoms with Crippen molar-refractivity contribution in [2.75, 3.05) is 13.1 Å². The van der Waals surface area contributed by atoms with Crippen LogP contribution in [0.15, 0.2) is 42.7 Å². The number of H-pyrrole nitrogens is 1. The normalized spacial score (nSPS) is 14.2. The fourth-order valence-electron chi connectivity index (χ4n) is 3.68. The summed E-state index contributed by atoms with van der Waals surface area (Å²) in [5.74, 6) is 0.0277. The zero-order valence-electron chi connectivity index (χ0n) is 15.4. The number of hydrogen-bond acceptors (Lipinski definition) is 4. The maximum absolute atomic E-state index is 12.9. The molecule has 0 atom stereocenters. The molecule has 8 nitrogen and oxygen atoms in total. The number of nitrogens with zero attached hydrogens (tertiary/aromatic N) is 5. The van der Waals surface area contributed by atoms with Gasteiger partial charge in [-0.05, 0) is 19.8 Å². The van der Waals surface area contributed by atoms with Crippen LogP contribution in [0.4, 0.5) is 4.79 Å². The molecule has 1 saturated heterocycles. The Morgan fingerprint density at radius 3 is 2.61 bits per heavy atom. The lowest BCUT2D eigenvalue weighted by Gasteiger charge is -2.12. The number of nitrogens with one attached hydrogen (secondary N) is 1. The lowest BCUT2D eigenvalue weighted by atomic mass is 10.1. The summed E-state index contributed by atoms with van der Waals surface area (Å²) in [6, 6.07) is 9.17. The Bertz CT molecular complexity index is 1210. The number of amides is 1. The van der Waals surface area contributed by atoms with Gasteiger partial charge in [-0.2, -0.15) is 5.10 Å². The summed E-state index contributed by atoms with van der Waals surface area (Å²) in [5, 5.41) is 3.03. The molecule has 4 heterocycles. The van der Waals surface area contributed by atoms with Crippen molar-refractivity contribution in [2.24, 2.45) is 0 Å². The van der Waals surface area contributed by atoms with E-state index in [2.05, 4.69) is 15.1 Å². The van der Waals surface area contributed by atoms with Crippen molar-refractivity contribution in [1.29, 1.82) is 0 Å². The van der Waals surface area contributed by atoms with Crippen LogP contribution in [0, 0.1) is 0 Å². The Hall–Kier alpha value is -3.55. The topological polar surface area (TPSA) is 88.0 Å². The number of likely N-dealkylation sites (tertiary alicyclic amines) is 1. The number of Topliss-reactive ketones (excluding diaryl/α,β-unsaturated/α-hetero) is 1. The molecule has 8 heteroatoms. The second-order valence-corrected chi connectivity index (χ2v) is 7.04. The average molecular weight is 375 g/mol. The largest absolute Gasteiger partial charge is 0.396 e. The van der Waals surface area contributed by atoms with Gasteiger partial charge in [-0.25, -0.2) is 14.8 Å². The number of ketones is 1. The summed E-state index contributed by atoms with van der Waals surface area (Å²) in [5.41, 5.74) is 4.40. The van der Waals surface area contributed by atoms with Crippen molar-refractivity contribution in [3.8, 4) is 11.3 Å². The van der Waals surface area contributed by atoms with E-state index in [0.717, 1.165) is 48.2 Å². The standard InChI is InChI=1S/C20H18N6O2/c1-13(27)14-4-6-15(7-5-14)17-10-18-19(23-17)21-11-16-12-22-26(25(16)18)20(28)24-8-2-3-9-24/h4-7,10-12H,2-3,8-9H2,1H3/p+1. The van der Waals surface area contributed by atoms with Crippen LogP contribution >= 0.6 is 0 Å². The van der Waals surface area contributed by atoms with Crippen LogP contribution < -0.4 is 4.52 Å². The predicted octanol–water partition coefficient (Wildman–Crippen LogP) is 2.43. The van der Waals surface area contributed by atoms with Gasteiger partial charge in [-0.15, -0.1) is 4.52 Å². The smallest absolute Gasteiger partial charge is 0.319 e. The Balaban J connectivity index is 1.63. The van der Waals surface area contributed by atoms with Gasteiger partial charge < -0.3 is 4.90 Å². The van der Waals surface area contributed by atoms with E-state index in [1.807, 2.05) is 27.6 Å². The van der Waals surface area contributed by atoms with E-state index in [0.29, 0.717) is 11.2 Å². The lowest BCUT2D eigenvalue weighted by molar-refractivity contribution is -0.575. The molecule has 0 saturated carbocycles. The fourth-order valence-corrected chi connectivity index (χ4v) is 3.68. The van der Waals surface area contributed by atoms with Gasteiger partial charge in [0.15, 0.2) is 12.0 Å². The molecule has 28 heavy (non-hydrogen) atoms. The van der Waals surface area contributed by atoms with Crippen LogP contribution in [-0.4, -0.2) is 49.7 Å². The molecule has 1 aliphatic heterocycles. The lowest BCUT2D eigenvalue weighted by Crippen LogP contribution is -2.45. The van der Waals surface area contributed by atoms with Crippen LogP contribution in [-0.2, 0) is 0 Å². The Kier molecular flexibility index (Phi) is 3.71. The second-order valence-electron chi connectivity index (χ2n) is 7.04. The maximum Gasteiger partial charge on any atom is 0.396 e. The number of fused-ring (bicyclic) bond motifs is 3. The molecule has 0 aliphatic carbocycles. The minimum absolute atomic E-state index is 0.0277. The van der Waals surface area contributed by atoms with Crippen LogP contribution in [0.3, 0.4) is 0 Å². The van der Waals surface area contributed by atoms with Crippen molar-refractivity contribution in [1.82, 2.24) is 24.8 Å². The highest BCUT2D eigenvalue weighted by atomic mass is 16.2. The summed E-state index contributed by atoms with van der Waals surface area (Å²) in [6.45, 7) is 3.09. The van der Waals surface area contributed by atoms with Gasteiger partial charge in [0.25, 0.3) is 0 Å². The van der Waals surface area contributed by atoms with Gasteiger partial charge in [0, 0.05) is 35.1 Å². The summed E-state index contributed by atoms with van der Waals surface area (Å²) in [6.07, 6.45) is 5.52. The van der Waals surface area contributed by atoms with Crippen molar-refractivity contribution < 1.29 is 14.1 Å². The van der Waals surface area contributed by atoms with E-state index in [4.69, 9.17) is 0 Å². The molecular formula is C20H19N6O2+. The first-order valence-corrected chi connectivity index (χ1v) is 9.30. The minimum atomic E-state index is -0.0847. The second kappa shape index (κ2) is 6.26. The summed E-state index contributed by atoms with van der Waals surface area (Å²) >= 11 is 0. The monoisotopic (exact) mass is 375 g/mol. The average Bonchev–Trinajstić information content (AvgIpc) is 3.45. The molecule has 4 aromatic rings. The first kappa shape index (κ1) is 16.6. The van der Waals surface area contributed by atoms with Crippen molar-refractivity contribution in [3.63, 3.8) is 0 Å². The highest BCUT2D eigenvalue weighted by Crippen LogP contribution is 2.22. The van der Waals surface area contributed by atoms with E-state index >= 15 is 0 Å². The van der Waals surface area contributed by atoms with Crippen LogP contribution in [0.25, 0.3) is 27.9 Å². The van der Waals surface area contributed by atoms with Crippen LogP contribution in [0.5, 0.6) is 0 Å². The molecule has 140 valence electrons. The molecule has 0 bridgehead atoms. The van der Waals surface area contributed by atoms with E-state index in [-0.39, 0.29) is 11.8 Å². The molecule has 1 fully saturated rings. The highest BCUT2D eigenvalue weighted by molar-refractivity contribution is 5.94. The fraction of sp³-hybridized carbons (Fsp3) is 0.250. The summed E-state index contributed by atoms with van der Waals surface area (Å²) in [7, 11) is 0. The quantitative estimate of drug-likeness (QED) is 0.431. The third kappa shape index (κ3) is 2.57. The third-order valence-electron chi connectivity index (χ3n) is 5.20. The number of aromatic amines is 1. The van der Waals surface area contributed by atoms with Crippen molar-refractivity contribution >= 4 is 28.5 Å². The number of aromatic nitrogens is 5. The molecule has 3 aromatic heterocycles. The number of rotatable bonds is 2. The SMILES string of the molecule is CC(=O)c1ccc(-c2cc3c(ncc4c[nH]n(C(=O)N5CCCC5)[n+]43)n2)cc1. The van der Waals surface area contributed by atoms with Gasteiger partial charge in [0.1, 0.15) is 0 Å². The number of carbonyl (C=O) groups is 2. The van der Waals surface area contributed by atoms with Crippen molar-refractivity contribution in [2.45, 2.75) is 19.8 Å². The first-order chi connectivity index (χ1) is 13.6. The molecule has 0 unspecified atom stereocenters. The molecule has 1 amide bonds. The Labute approximate surface area is 160 Å². The van der Waals surface area contributed by atoms with Crippen LogP contribution in [0.2, 0.25) is 0 Å². The molecule has 0 spiro atoms. The zero-order valence-corrected chi connectivity index (χ0v) is 15.4. The molecule has 0 radical (unpaired) electrons. The molecule has 1 N–H and O–H groups in total. The number of benzene rings is 1. The third-order valence-corrected chi connectivity index (χ3v) is 5.20. The molecule has 5 rings (SSSR count). The molecular weight excluding hydrogens is 356 g/mol. The van der Waals surface area contributed by atoms with Gasteiger partial charge in [-0.1, -0.05) is 24.3 Å². The summed E-state index contributed by atoms with van der Waals surface area (Å²) < 4.78 is 1.81. The van der Waals surface area contributed by atoms with Gasteiger partial charge in [0.2, 0.25) is 16.7 Å². The molecule has 1 aromatic carbocycles. The minimum Gasteiger partial charge on any atom is -0.319 e. The van der Waals surface area contributed by atoms with Gasteiger partial charge >= 0.3 is 6.03 Å². The van der Waals surface area contributed by atoms with E-state index in [9.17, 15) is 9.59 Å². The van der Waals surface area contributed by atoms with Crippen LogP contribution in [0.1, 0.15) is 30.1 Å².